The number of carbonyl (C=O) groups excluding carboxylic acids is 1. The highest BCUT2D eigenvalue weighted by Crippen LogP contribution is 2.20. The summed E-state index contributed by atoms with van der Waals surface area (Å²) in [5.41, 5.74) is 6.84. The monoisotopic (exact) mass is 332 g/mol. The van der Waals surface area contributed by atoms with Gasteiger partial charge in [-0.1, -0.05) is 0 Å². The van der Waals surface area contributed by atoms with Crippen LogP contribution in [-0.2, 0) is 0 Å². The number of amides is 1. The van der Waals surface area contributed by atoms with Crippen LogP contribution in [0.4, 0.5) is 4.39 Å². The second kappa shape index (κ2) is 6.98. The SMILES string of the molecule is Cl.Cl.N[C@@H]1CCN(C(=O)c2cc(F)cc3nccnc23)C1. The summed E-state index contributed by atoms with van der Waals surface area (Å²) in [5.74, 6) is -0.724. The Hall–Kier alpha value is -1.50. The molecule has 1 fully saturated rings. The summed E-state index contributed by atoms with van der Waals surface area (Å²) >= 11 is 0. The van der Waals surface area contributed by atoms with Gasteiger partial charge in [-0.2, -0.15) is 0 Å². The minimum Gasteiger partial charge on any atom is -0.337 e. The highest BCUT2D eigenvalue weighted by atomic mass is 35.5. The van der Waals surface area contributed by atoms with E-state index in [1.165, 1.54) is 24.5 Å². The molecule has 1 aromatic heterocycles. The third-order valence-electron chi connectivity index (χ3n) is 3.28. The second-order valence-electron chi connectivity index (χ2n) is 4.68. The molecule has 114 valence electrons. The molecule has 0 unspecified atom stereocenters. The lowest BCUT2D eigenvalue weighted by molar-refractivity contribution is 0.0792. The van der Waals surface area contributed by atoms with E-state index in [9.17, 15) is 9.18 Å². The molecule has 2 N–H and O–H groups in total. The fraction of sp³-hybridized carbons (Fsp3) is 0.308. The highest BCUT2D eigenvalue weighted by molar-refractivity contribution is 6.04. The van der Waals surface area contributed by atoms with E-state index in [1.54, 1.807) is 4.90 Å². The molecule has 1 aliphatic rings. The van der Waals surface area contributed by atoms with Gasteiger partial charge in [0.05, 0.1) is 11.1 Å². The minimum absolute atomic E-state index is 0. The number of aromatic nitrogens is 2. The summed E-state index contributed by atoms with van der Waals surface area (Å²) in [6.45, 7) is 1.09. The number of hydrogen-bond acceptors (Lipinski definition) is 4. The van der Waals surface area contributed by atoms with E-state index in [1.807, 2.05) is 0 Å². The van der Waals surface area contributed by atoms with Crippen LogP contribution in [0.25, 0.3) is 11.0 Å². The number of likely N-dealkylation sites (tertiary alicyclic amines) is 1. The molecule has 0 bridgehead atoms. The minimum atomic E-state index is -0.486. The van der Waals surface area contributed by atoms with Crippen LogP contribution in [0.15, 0.2) is 24.5 Å². The smallest absolute Gasteiger partial charge is 0.256 e. The van der Waals surface area contributed by atoms with Crippen LogP contribution >= 0.6 is 24.8 Å². The van der Waals surface area contributed by atoms with Gasteiger partial charge < -0.3 is 10.6 Å². The van der Waals surface area contributed by atoms with Crippen LogP contribution in [0.2, 0.25) is 0 Å². The van der Waals surface area contributed by atoms with Crippen molar-refractivity contribution in [2.75, 3.05) is 13.1 Å². The van der Waals surface area contributed by atoms with E-state index in [4.69, 9.17) is 5.73 Å². The molecule has 1 atom stereocenters. The molecule has 2 heterocycles. The lowest BCUT2D eigenvalue weighted by atomic mass is 10.1. The van der Waals surface area contributed by atoms with Crippen molar-refractivity contribution in [1.29, 1.82) is 0 Å². The molecule has 8 heteroatoms. The maximum Gasteiger partial charge on any atom is 0.256 e. The fourth-order valence-corrected chi connectivity index (χ4v) is 2.35. The number of hydrogen-bond donors (Lipinski definition) is 1. The molecular weight excluding hydrogens is 318 g/mol. The predicted octanol–water partition coefficient (Wildman–Crippen LogP) is 1.79. The van der Waals surface area contributed by atoms with Gasteiger partial charge in [0, 0.05) is 37.6 Å². The van der Waals surface area contributed by atoms with Crippen molar-refractivity contribution in [3.8, 4) is 0 Å². The topological polar surface area (TPSA) is 72.1 Å². The van der Waals surface area contributed by atoms with Crippen LogP contribution < -0.4 is 5.73 Å². The van der Waals surface area contributed by atoms with Gasteiger partial charge in [-0.25, -0.2) is 4.39 Å². The third-order valence-corrected chi connectivity index (χ3v) is 3.28. The van der Waals surface area contributed by atoms with E-state index < -0.39 is 5.82 Å². The maximum atomic E-state index is 13.6. The molecule has 1 amide bonds. The Morgan fingerprint density at radius 2 is 2.00 bits per heavy atom. The van der Waals surface area contributed by atoms with E-state index in [0.717, 1.165) is 6.42 Å². The second-order valence-corrected chi connectivity index (χ2v) is 4.68. The summed E-state index contributed by atoms with van der Waals surface area (Å²) in [6.07, 6.45) is 3.74. The predicted molar refractivity (Wildman–Crippen MR) is 82.5 cm³/mol. The lowest BCUT2D eigenvalue weighted by Gasteiger charge is -2.16. The summed E-state index contributed by atoms with van der Waals surface area (Å²) in [5, 5.41) is 0. The van der Waals surface area contributed by atoms with Crippen molar-refractivity contribution in [2.45, 2.75) is 12.5 Å². The van der Waals surface area contributed by atoms with Gasteiger partial charge in [-0.15, -0.1) is 24.8 Å². The van der Waals surface area contributed by atoms with Crippen molar-refractivity contribution in [2.24, 2.45) is 5.73 Å². The first-order valence-corrected chi connectivity index (χ1v) is 6.10. The van der Waals surface area contributed by atoms with Gasteiger partial charge in [0.1, 0.15) is 11.3 Å². The van der Waals surface area contributed by atoms with Crippen LogP contribution in [0.1, 0.15) is 16.8 Å². The van der Waals surface area contributed by atoms with Crippen LogP contribution in [0, 0.1) is 5.82 Å². The van der Waals surface area contributed by atoms with Crippen LogP contribution in [-0.4, -0.2) is 39.9 Å². The summed E-state index contributed by atoms with van der Waals surface area (Å²) in [6, 6.07) is 2.48. The first-order valence-electron chi connectivity index (χ1n) is 6.10. The lowest BCUT2D eigenvalue weighted by Crippen LogP contribution is -2.32. The molecule has 0 radical (unpaired) electrons. The maximum absolute atomic E-state index is 13.6. The molecule has 0 aliphatic carbocycles. The zero-order chi connectivity index (χ0) is 13.4. The Balaban J connectivity index is 0.00000110. The fourth-order valence-electron chi connectivity index (χ4n) is 2.35. The summed E-state index contributed by atoms with van der Waals surface area (Å²) in [7, 11) is 0. The molecule has 2 aromatic rings. The van der Waals surface area contributed by atoms with E-state index in [0.29, 0.717) is 24.1 Å². The number of benzene rings is 1. The Labute approximate surface area is 133 Å². The molecule has 0 spiro atoms. The highest BCUT2D eigenvalue weighted by Gasteiger charge is 2.26. The standard InChI is InChI=1S/C13H13FN4O.2ClH/c14-8-5-10(12-11(6-8)16-2-3-17-12)13(19)18-4-1-9(15)7-18;;/h2-3,5-6,9H,1,4,7,15H2;2*1H/t9-;;/m1../s1. The Morgan fingerprint density at radius 3 is 2.67 bits per heavy atom. The van der Waals surface area contributed by atoms with Crippen molar-refractivity contribution in [3.05, 3.63) is 35.9 Å². The van der Waals surface area contributed by atoms with Gasteiger partial charge in [-0.3, -0.25) is 14.8 Å². The average molecular weight is 333 g/mol. The number of nitrogens with zero attached hydrogens (tertiary/aromatic N) is 3. The Bertz CT molecular complexity index is 655. The normalized spacial score (nSPS) is 17.2. The number of nitrogens with two attached hydrogens (primary N) is 1. The number of carbonyl (C=O) groups is 1. The molecule has 1 saturated heterocycles. The van der Waals surface area contributed by atoms with E-state index in [-0.39, 0.29) is 42.3 Å². The number of halogens is 3. The third kappa shape index (κ3) is 3.40. The Kier molecular flexibility index (Phi) is 5.83. The van der Waals surface area contributed by atoms with Crippen molar-refractivity contribution >= 4 is 41.8 Å². The summed E-state index contributed by atoms with van der Waals surface area (Å²) < 4.78 is 13.6. The largest absolute Gasteiger partial charge is 0.337 e. The molecule has 21 heavy (non-hydrogen) atoms. The van der Waals surface area contributed by atoms with Crippen LogP contribution in [0.5, 0.6) is 0 Å². The first kappa shape index (κ1) is 17.6. The van der Waals surface area contributed by atoms with E-state index >= 15 is 0 Å². The molecule has 3 rings (SSSR count). The van der Waals surface area contributed by atoms with Gasteiger partial charge in [0.2, 0.25) is 0 Å². The van der Waals surface area contributed by atoms with Gasteiger partial charge in [0.15, 0.2) is 0 Å². The quantitative estimate of drug-likeness (QED) is 0.864. The number of rotatable bonds is 1. The Morgan fingerprint density at radius 1 is 1.29 bits per heavy atom. The zero-order valence-corrected chi connectivity index (χ0v) is 12.7. The van der Waals surface area contributed by atoms with Crippen molar-refractivity contribution < 1.29 is 9.18 Å². The van der Waals surface area contributed by atoms with Crippen molar-refractivity contribution in [3.63, 3.8) is 0 Å². The van der Waals surface area contributed by atoms with Gasteiger partial charge in [0.25, 0.3) is 5.91 Å². The van der Waals surface area contributed by atoms with E-state index in [2.05, 4.69) is 9.97 Å². The van der Waals surface area contributed by atoms with Gasteiger partial charge >= 0.3 is 0 Å². The molecule has 0 saturated carbocycles. The van der Waals surface area contributed by atoms with Gasteiger partial charge in [-0.05, 0) is 12.5 Å². The average Bonchev–Trinajstić information content (AvgIpc) is 2.83. The zero-order valence-electron chi connectivity index (χ0n) is 11.0. The molecule has 1 aromatic carbocycles. The number of fused-ring (bicyclic) bond motifs is 1. The summed E-state index contributed by atoms with van der Waals surface area (Å²) in [4.78, 5) is 22.2. The van der Waals surface area contributed by atoms with Crippen LogP contribution in [0.3, 0.4) is 0 Å². The molecule has 5 nitrogen and oxygen atoms in total. The molecule has 1 aliphatic heterocycles. The molecular formula is C13H15Cl2FN4O. The first-order chi connectivity index (χ1) is 9.15. The van der Waals surface area contributed by atoms with Crippen molar-refractivity contribution in [1.82, 2.24) is 14.9 Å².